The van der Waals surface area contributed by atoms with E-state index in [0.717, 1.165) is 17.4 Å². The summed E-state index contributed by atoms with van der Waals surface area (Å²) in [6, 6.07) is 11.1. The highest BCUT2D eigenvalue weighted by atomic mass is 32.2. The van der Waals surface area contributed by atoms with Crippen LogP contribution in [0.1, 0.15) is 17.3 Å². The largest absolute Gasteiger partial charge is 0.507 e. The molecular weight excluding hydrogens is 276 g/mol. The Morgan fingerprint density at radius 1 is 1.00 bits per heavy atom. The molecule has 0 aliphatic carbocycles. The number of Topliss-reactive ketones (excluding diaryl/α,β-unsaturated/α-hetero) is 1. The number of benzene rings is 2. The van der Waals surface area contributed by atoms with Crippen LogP contribution in [0.4, 0.5) is 0 Å². The summed E-state index contributed by atoms with van der Waals surface area (Å²) in [5.41, 5.74) is 1.77. The van der Waals surface area contributed by atoms with Gasteiger partial charge in [0.25, 0.3) is 0 Å². The van der Waals surface area contributed by atoms with Gasteiger partial charge in [-0.3, -0.25) is 4.79 Å². The van der Waals surface area contributed by atoms with E-state index < -0.39 is 9.84 Å². The van der Waals surface area contributed by atoms with Crippen molar-refractivity contribution in [2.24, 2.45) is 0 Å². The lowest BCUT2D eigenvalue weighted by Gasteiger charge is -2.06. The van der Waals surface area contributed by atoms with Gasteiger partial charge < -0.3 is 5.11 Å². The van der Waals surface area contributed by atoms with Gasteiger partial charge in [-0.05, 0) is 42.3 Å². The Hall–Kier alpha value is -2.14. The zero-order chi connectivity index (χ0) is 14.9. The van der Waals surface area contributed by atoms with Crippen molar-refractivity contribution in [2.75, 3.05) is 6.26 Å². The first kappa shape index (κ1) is 14.3. The van der Waals surface area contributed by atoms with E-state index in [1.54, 1.807) is 24.3 Å². The Kier molecular flexibility index (Phi) is 3.63. The number of phenols is 1. The zero-order valence-corrected chi connectivity index (χ0v) is 11.9. The van der Waals surface area contributed by atoms with E-state index >= 15 is 0 Å². The average molecular weight is 290 g/mol. The summed E-state index contributed by atoms with van der Waals surface area (Å²) in [6.45, 7) is 1.38. The van der Waals surface area contributed by atoms with Crippen molar-refractivity contribution in [3.8, 4) is 16.9 Å². The molecule has 0 bridgehead atoms. The fraction of sp³-hybridized carbons (Fsp3) is 0.133. The Morgan fingerprint density at radius 3 is 2.05 bits per heavy atom. The van der Waals surface area contributed by atoms with Gasteiger partial charge in [0.15, 0.2) is 15.6 Å². The number of rotatable bonds is 3. The Bertz CT molecular complexity index is 759. The van der Waals surface area contributed by atoms with Gasteiger partial charge in [-0.1, -0.05) is 18.2 Å². The number of hydrogen-bond donors (Lipinski definition) is 1. The summed E-state index contributed by atoms with van der Waals surface area (Å²) in [6.07, 6.45) is 1.15. The molecule has 5 heteroatoms. The van der Waals surface area contributed by atoms with Gasteiger partial charge in [0.05, 0.1) is 10.5 Å². The molecular formula is C15H14O4S. The van der Waals surface area contributed by atoms with Crippen LogP contribution in [0.5, 0.6) is 5.75 Å². The molecule has 0 atom stereocenters. The van der Waals surface area contributed by atoms with Crippen LogP contribution in [0.25, 0.3) is 11.1 Å². The number of hydrogen-bond acceptors (Lipinski definition) is 4. The van der Waals surface area contributed by atoms with Gasteiger partial charge in [0.1, 0.15) is 5.75 Å². The quantitative estimate of drug-likeness (QED) is 0.882. The number of phenolic OH excluding ortho intramolecular Hbond substituents is 1. The van der Waals surface area contributed by atoms with Crippen molar-refractivity contribution in [3.63, 3.8) is 0 Å². The molecule has 0 saturated heterocycles. The third kappa shape index (κ3) is 2.88. The van der Waals surface area contributed by atoms with Crippen molar-refractivity contribution < 1.29 is 18.3 Å². The second-order valence-electron chi connectivity index (χ2n) is 4.58. The van der Waals surface area contributed by atoms with E-state index in [-0.39, 0.29) is 22.0 Å². The number of carbonyl (C=O) groups is 1. The van der Waals surface area contributed by atoms with Gasteiger partial charge in [-0.25, -0.2) is 8.42 Å². The fourth-order valence-electron chi connectivity index (χ4n) is 1.89. The maximum absolute atomic E-state index is 11.4. The Labute approximate surface area is 117 Å². The minimum absolute atomic E-state index is 0.0611. The fourth-order valence-corrected chi connectivity index (χ4v) is 2.52. The minimum atomic E-state index is -3.22. The van der Waals surface area contributed by atoms with Crippen molar-refractivity contribution in [1.29, 1.82) is 0 Å². The summed E-state index contributed by atoms with van der Waals surface area (Å²) in [7, 11) is -3.22. The van der Waals surface area contributed by atoms with E-state index in [4.69, 9.17) is 0 Å². The second kappa shape index (κ2) is 5.09. The Morgan fingerprint density at radius 2 is 1.55 bits per heavy atom. The molecule has 20 heavy (non-hydrogen) atoms. The number of aromatic hydroxyl groups is 1. The van der Waals surface area contributed by atoms with Crippen molar-refractivity contribution in [2.45, 2.75) is 11.8 Å². The molecule has 0 saturated carbocycles. The molecule has 0 unspecified atom stereocenters. The molecule has 0 spiro atoms. The zero-order valence-electron chi connectivity index (χ0n) is 11.1. The van der Waals surface area contributed by atoms with Crippen LogP contribution < -0.4 is 0 Å². The summed E-state index contributed by atoms with van der Waals surface area (Å²) < 4.78 is 22.8. The van der Waals surface area contributed by atoms with E-state index in [9.17, 15) is 18.3 Å². The first-order valence-electron chi connectivity index (χ1n) is 5.93. The van der Waals surface area contributed by atoms with Crippen LogP contribution in [-0.2, 0) is 9.84 Å². The van der Waals surface area contributed by atoms with Gasteiger partial charge in [-0.2, -0.15) is 0 Å². The predicted molar refractivity (Wildman–Crippen MR) is 76.7 cm³/mol. The summed E-state index contributed by atoms with van der Waals surface area (Å²) in [5.74, 6) is -0.286. The van der Waals surface area contributed by atoms with Crippen LogP contribution in [0, 0.1) is 0 Å². The molecule has 0 aromatic heterocycles. The topological polar surface area (TPSA) is 71.4 Å². The lowest BCUT2D eigenvalue weighted by atomic mass is 10.0. The number of ketones is 1. The van der Waals surface area contributed by atoms with Crippen LogP contribution in [0.3, 0.4) is 0 Å². The standard InChI is InChI=1S/C15H14O4S/c1-10(16)14-9-12(5-8-15(14)17)11-3-6-13(7-4-11)20(2,18)19/h3-9,17H,1-2H3. The lowest BCUT2D eigenvalue weighted by molar-refractivity contribution is 0.101. The highest BCUT2D eigenvalue weighted by Gasteiger charge is 2.10. The SMILES string of the molecule is CC(=O)c1cc(-c2ccc(S(C)(=O)=O)cc2)ccc1O. The second-order valence-corrected chi connectivity index (χ2v) is 6.60. The maximum atomic E-state index is 11.4. The van der Waals surface area contributed by atoms with Gasteiger partial charge in [0, 0.05) is 6.26 Å². The molecule has 0 radical (unpaired) electrons. The molecule has 0 aliphatic rings. The number of carbonyl (C=O) groups excluding carboxylic acids is 1. The molecule has 4 nitrogen and oxygen atoms in total. The van der Waals surface area contributed by atoms with Gasteiger partial charge in [0.2, 0.25) is 0 Å². The lowest BCUT2D eigenvalue weighted by Crippen LogP contribution is -1.96. The van der Waals surface area contributed by atoms with Crippen LogP contribution >= 0.6 is 0 Å². The molecule has 2 rings (SSSR count). The van der Waals surface area contributed by atoms with Crippen molar-refractivity contribution >= 4 is 15.6 Å². The third-order valence-corrected chi connectivity index (χ3v) is 4.12. The first-order valence-corrected chi connectivity index (χ1v) is 7.82. The summed E-state index contributed by atoms with van der Waals surface area (Å²) >= 11 is 0. The van der Waals surface area contributed by atoms with Gasteiger partial charge >= 0.3 is 0 Å². The van der Waals surface area contributed by atoms with Crippen LogP contribution in [0.2, 0.25) is 0 Å². The average Bonchev–Trinajstić information content (AvgIpc) is 2.38. The maximum Gasteiger partial charge on any atom is 0.175 e. The molecule has 2 aromatic rings. The molecule has 0 heterocycles. The first-order chi connectivity index (χ1) is 9.29. The van der Waals surface area contributed by atoms with E-state index in [2.05, 4.69) is 0 Å². The molecule has 0 amide bonds. The minimum Gasteiger partial charge on any atom is -0.507 e. The third-order valence-electron chi connectivity index (χ3n) is 2.99. The van der Waals surface area contributed by atoms with Crippen LogP contribution in [-0.4, -0.2) is 25.6 Å². The van der Waals surface area contributed by atoms with Gasteiger partial charge in [-0.15, -0.1) is 0 Å². The summed E-state index contributed by atoms with van der Waals surface area (Å²) in [5, 5.41) is 9.60. The molecule has 0 fully saturated rings. The van der Waals surface area contributed by atoms with E-state index in [1.807, 2.05) is 0 Å². The van der Waals surface area contributed by atoms with E-state index in [1.165, 1.54) is 25.1 Å². The molecule has 0 aliphatic heterocycles. The van der Waals surface area contributed by atoms with Crippen molar-refractivity contribution in [1.82, 2.24) is 0 Å². The molecule has 104 valence electrons. The predicted octanol–water partition coefficient (Wildman–Crippen LogP) is 2.67. The van der Waals surface area contributed by atoms with E-state index in [0.29, 0.717) is 0 Å². The smallest absolute Gasteiger partial charge is 0.175 e. The van der Waals surface area contributed by atoms with Crippen molar-refractivity contribution in [3.05, 3.63) is 48.0 Å². The highest BCUT2D eigenvalue weighted by molar-refractivity contribution is 7.90. The summed E-state index contributed by atoms with van der Waals surface area (Å²) in [4.78, 5) is 11.6. The highest BCUT2D eigenvalue weighted by Crippen LogP contribution is 2.27. The Balaban J connectivity index is 2.47. The molecule has 2 aromatic carbocycles. The van der Waals surface area contributed by atoms with Crippen LogP contribution in [0.15, 0.2) is 47.4 Å². The molecule has 1 N–H and O–H groups in total. The number of sulfone groups is 1. The normalized spacial score (nSPS) is 11.3. The monoisotopic (exact) mass is 290 g/mol.